The lowest BCUT2D eigenvalue weighted by molar-refractivity contribution is 0.670. The van der Waals surface area contributed by atoms with Crippen LogP contribution in [-0.2, 0) is 9.73 Å². The van der Waals surface area contributed by atoms with Crippen molar-refractivity contribution in [2.75, 3.05) is 6.26 Å². The van der Waals surface area contributed by atoms with Crippen molar-refractivity contribution in [2.45, 2.75) is 5.16 Å². The summed E-state index contributed by atoms with van der Waals surface area (Å²) < 4.78 is 20.5. The first-order valence-electron chi connectivity index (χ1n) is 3.75. The molecule has 2 rings (SSSR count). The molecule has 4 nitrogen and oxygen atoms in total. The number of imidazole rings is 1. The van der Waals surface area contributed by atoms with Crippen molar-refractivity contribution >= 4 is 15.2 Å². The molecule has 0 amide bonds. The lowest BCUT2D eigenvalue weighted by Crippen LogP contribution is -2.01. The molecule has 0 saturated carbocycles. The predicted molar refractivity (Wildman–Crippen MR) is 50.2 cm³/mol. The second-order valence-corrected chi connectivity index (χ2v) is 4.93. The number of nitrogens with zero attached hydrogens (tertiary/aromatic N) is 2. The molecule has 2 aromatic heterocycles. The normalized spacial score (nSPS) is 15.8. The Bertz CT molecular complexity index is 541. The largest absolute Gasteiger partial charge is 0.292 e. The van der Waals surface area contributed by atoms with Crippen LogP contribution < -0.4 is 0 Å². The Balaban J connectivity index is 2.87. The fourth-order valence-electron chi connectivity index (χ4n) is 1.21. The van der Waals surface area contributed by atoms with Gasteiger partial charge >= 0.3 is 0 Å². The molecule has 0 radical (unpaired) electrons. The predicted octanol–water partition coefficient (Wildman–Crippen LogP) is 1.37. The van der Waals surface area contributed by atoms with Crippen molar-refractivity contribution in [3.8, 4) is 0 Å². The number of fused-ring (bicyclic) bond motifs is 1. The molecule has 0 bridgehead atoms. The highest BCUT2D eigenvalue weighted by molar-refractivity contribution is 7.91. The zero-order valence-electron chi connectivity index (χ0n) is 7.10. The summed E-state index contributed by atoms with van der Waals surface area (Å²) in [6.45, 7) is 0. The van der Waals surface area contributed by atoms with Crippen molar-refractivity contribution < 1.29 is 4.21 Å². The molecule has 0 aliphatic carbocycles. The number of rotatable bonds is 1. The number of hydrogen-bond donors (Lipinski definition) is 1. The van der Waals surface area contributed by atoms with Gasteiger partial charge in [0.1, 0.15) is 9.73 Å². The molecule has 2 heterocycles. The van der Waals surface area contributed by atoms with Crippen molar-refractivity contribution in [3.63, 3.8) is 0 Å². The first-order chi connectivity index (χ1) is 6.09. The summed E-state index contributed by atoms with van der Waals surface area (Å²) in [6, 6.07) is 5.56. The van der Waals surface area contributed by atoms with E-state index in [9.17, 15) is 4.21 Å². The van der Waals surface area contributed by atoms with Gasteiger partial charge in [-0.15, -0.1) is 0 Å². The van der Waals surface area contributed by atoms with Gasteiger partial charge in [0.25, 0.3) is 0 Å². The Morgan fingerprint density at radius 1 is 1.54 bits per heavy atom. The van der Waals surface area contributed by atoms with Gasteiger partial charge in [0.2, 0.25) is 5.16 Å². The van der Waals surface area contributed by atoms with Crippen LogP contribution in [0.4, 0.5) is 0 Å². The zero-order valence-corrected chi connectivity index (χ0v) is 7.91. The molecular weight excluding hydrogens is 186 g/mol. The van der Waals surface area contributed by atoms with Gasteiger partial charge < -0.3 is 0 Å². The molecule has 1 N–H and O–H groups in total. The van der Waals surface area contributed by atoms with Gasteiger partial charge in [-0.2, -0.15) is 0 Å². The highest BCUT2D eigenvalue weighted by atomic mass is 32.2. The quantitative estimate of drug-likeness (QED) is 0.747. The lowest BCUT2D eigenvalue weighted by atomic mass is 10.4. The Kier molecular flexibility index (Phi) is 1.63. The van der Waals surface area contributed by atoms with Crippen LogP contribution >= 0.6 is 0 Å². The Hall–Kier alpha value is -1.36. The van der Waals surface area contributed by atoms with Gasteiger partial charge in [-0.1, -0.05) is 6.07 Å². The zero-order chi connectivity index (χ0) is 9.47. The fraction of sp³-hybridized carbons (Fsp3) is 0.125. The van der Waals surface area contributed by atoms with Crippen molar-refractivity contribution in [2.24, 2.45) is 0 Å². The van der Waals surface area contributed by atoms with Gasteiger partial charge in [0.05, 0.1) is 11.7 Å². The summed E-state index contributed by atoms with van der Waals surface area (Å²) in [5.74, 6) is 0. The van der Waals surface area contributed by atoms with Crippen molar-refractivity contribution in [3.05, 3.63) is 30.6 Å². The van der Waals surface area contributed by atoms with Gasteiger partial charge in [0.15, 0.2) is 0 Å². The summed E-state index contributed by atoms with van der Waals surface area (Å²) in [5.41, 5.74) is 0.860. The molecule has 0 fully saturated rings. The first-order valence-corrected chi connectivity index (χ1v) is 5.71. The SMILES string of the molecule is CS(=N)(=O)c1ncc2ccccn12. The van der Waals surface area contributed by atoms with E-state index in [1.54, 1.807) is 16.8 Å². The highest BCUT2D eigenvalue weighted by Crippen LogP contribution is 2.10. The number of aromatic nitrogens is 2. The second-order valence-electron chi connectivity index (χ2n) is 2.88. The molecule has 0 aliphatic rings. The molecule has 1 atom stereocenters. The third kappa shape index (κ3) is 1.31. The van der Waals surface area contributed by atoms with E-state index in [4.69, 9.17) is 4.78 Å². The van der Waals surface area contributed by atoms with Crippen LogP contribution in [0.25, 0.3) is 5.52 Å². The topological polar surface area (TPSA) is 58.2 Å². The number of pyridine rings is 1. The van der Waals surface area contributed by atoms with Gasteiger partial charge in [-0.25, -0.2) is 14.0 Å². The second kappa shape index (κ2) is 2.56. The van der Waals surface area contributed by atoms with Gasteiger partial charge in [0, 0.05) is 12.5 Å². The summed E-state index contributed by atoms with van der Waals surface area (Å²) in [4.78, 5) is 3.97. The Morgan fingerprint density at radius 3 is 3.00 bits per heavy atom. The standard InChI is InChI=1S/C8H9N3OS/c1-13(9,12)8-10-6-7-4-2-3-5-11(7)8/h2-6,9H,1H3. The highest BCUT2D eigenvalue weighted by Gasteiger charge is 2.09. The lowest BCUT2D eigenvalue weighted by Gasteiger charge is -1.98. The fourth-order valence-corrected chi connectivity index (χ4v) is 2.00. The molecule has 68 valence electrons. The summed E-state index contributed by atoms with van der Waals surface area (Å²) in [5, 5.41) is 0.308. The minimum absolute atomic E-state index is 0.308. The maximum atomic E-state index is 11.4. The van der Waals surface area contributed by atoms with Crippen LogP contribution in [0.2, 0.25) is 0 Å². The molecule has 5 heteroatoms. The molecule has 2 aromatic rings. The maximum Gasteiger partial charge on any atom is 0.211 e. The molecule has 0 spiro atoms. The van der Waals surface area contributed by atoms with Crippen LogP contribution in [0, 0.1) is 4.78 Å². The number of hydrogen-bond acceptors (Lipinski definition) is 3. The first kappa shape index (κ1) is 8.25. The Morgan fingerprint density at radius 2 is 2.31 bits per heavy atom. The van der Waals surface area contributed by atoms with E-state index < -0.39 is 9.73 Å². The number of nitrogens with one attached hydrogen (secondary N) is 1. The molecule has 1 unspecified atom stereocenters. The van der Waals surface area contributed by atoms with Crippen molar-refractivity contribution in [1.29, 1.82) is 4.78 Å². The summed E-state index contributed by atoms with van der Waals surface area (Å²) in [7, 11) is -2.73. The third-order valence-electron chi connectivity index (χ3n) is 1.75. The van der Waals surface area contributed by atoms with Crippen LogP contribution in [-0.4, -0.2) is 19.8 Å². The van der Waals surface area contributed by atoms with E-state index >= 15 is 0 Å². The van der Waals surface area contributed by atoms with Crippen LogP contribution in [0.1, 0.15) is 0 Å². The summed E-state index contributed by atoms with van der Waals surface area (Å²) in [6.07, 6.45) is 4.75. The molecule has 13 heavy (non-hydrogen) atoms. The molecular formula is C8H9N3OS. The minimum Gasteiger partial charge on any atom is -0.292 e. The third-order valence-corrected chi connectivity index (χ3v) is 2.75. The van der Waals surface area contributed by atoms with Crippen LogP contribution in [0.5, 0.6) is 0 Å². The van der Waals surface area contributed by atoms with E-state index in [0.29, 0.717) is 5.16 Å². The van der Waals surface area contributed by atoms with Crippen molar-refractivity contribution in [1.82, 2.24) is 9.38 Å². The van der Waals surface area contributed by atoms with E-state index in [-0.39, 0.29) is 0 Å². The average molecular weight is 195 g/mol. The van der Waals surface area contributed by atoms with Gasteiger partial charge in [-0.05, 0) is 12.1 Å². The molecule has 0 saturated heterocycles. The molecule has 0 aliphatic heterocycles. The smallest absolute Gasteiger partial charge is 0.211 e. The van der Waals surface area contributed by atoms with E-state index in [2.05, 4.69) is 4.98 Å². The van der Waals surface area contributed by atoms with Crippen LogP contribution in [0.15, 0.2) is 35.7 Å². The van der Waals surface area contributed by atoms with E-state index in [1.165, 1.54) is 6.26 Å². The average Bonchev–Trinajstić information content (AvgIpc) is 2.45. The molecule has 0 aromatic carbocycles. The minimum atomic E-state index is -2.73. The van der Waals surface area contributed by atoms with E-state index in [0.717, 1.165) is 5.52 Å². The van der Waals surface area contributed by atoms with Crippen LogP contribution in [0.3, 0.4) is 0 Å². The summed E-state index contributed by atoms with van der Waals surface area (Å²) >= 11 is 0. The monoisotopic (exact) mass is 195 g/mol. The Labute approximate surface area is 76.2 Å². The van der Waals surface area contributed by atoms with E-state index in [1.807, 2.05) is 18.2 Å². The van der Waals surface area contributed by atoms with Gasteiger partial charge in [-0.3, -0.25) is 4.40 Å². The maximum absolute atomic E-state index is 11.4.